The molecule has 0 aliphatic rings. The first kappa shape index (κ1) is 20.0. The van der Waals surface area contributed by atoms with Gasteiger partial charge in [-0.2, -0.15) is 0 Å². The van der Waals surface area contributed by atoms with Gasteiger partial charge in [0.2, 0.25) is 5.91 Å². The number of carbonyl (C=O) groups excluding carboxylic acids is 1. The van der Waals surface area contributed by atoms with E-state index in [1.807, 2.05) is 54.4 Å². The number of benzene rings is 2. The normalized spacial score (nSPS) is 10.9. The van der Waals surface area contributed by atoms with Crippen LogP contribution in [-0.4, -0.2) is 42.5 Å². The highest BCUT2D eigenvalue weighted by atomic mass is 32.1. The second-order valence-electron chi connectivity index (χ2n) is 6.59. The standard InChI is InChI=1S/C22H25N3O2S/c1-3-14-27-18-10-8-17(9-11-18)15-25(2)16-21(26)23-13-12-22-24-19-6-4-5-7-20(19)28-22/h3-11H,1,12-16H2,2H3,(H,23,26). The van der Waals surface area contributed by atoms with Gasteiger partial charge in [0.05, 0.1) is 21.8 Å². The number of hydrogen-bond acceptors (Lipinski definition) is 5. The van der Waals surface area contributed by atoms with Gasteiger partial charge < -0.3 is 10.1 Å². The number of likely N-dealkylation sites (N-methyl/N-ethyl adjacent to an activating group) is 1. The molecular formula is C22H25N3O2S. The number of carbonyl (C=O) groups is 1. The predicted octanol–water partition coefficient (Wildman–Crippen LogP) is 3.65. The highest BCUT2D eigenvalue weighted by Crippen LogP contribution is 2.21. The zero-order valence-electron chi connectivity index (χ0n) is 16.1. The van der Waals surface area contributed by atoms with Crippen molar-refractivity contribution in [1.82, 2.24) is 15.2 Å². The summed E-state index contributed by atoms with van der Waals surface area (Å²) in [5.74, 6) is 0.841. The number of fused-ring (bicyclic) bond motifs is 1. The third kappa shape index (κ3) is 5.90. The van der Waals surface area contributed by atoms with Gasteiger partial charge in [-0.1, -0.05) is 36.9 Å². The number of ether oxygens (including phenoxy) is 1. The van der Waals surface area contributed by atoms with Crippen molar-refractivity contribution in [2.75, 3.05) is 26.7 Å². The minimum Gasteiger partial charge on any atom is -0.490 e. The van der Waals surface area contributed by atoms with Gasteiger partial charge in [0.15, 0.2) is 0 Å². The van der Waals surface area contributed by atoms with E-state index in [9.17, 15) is 4.79 Å². The van der Waals surface area contributed by atoms with E-state index in [1.165, 1.54) is 4.70 Å². The SMILES string of the molecule is C=CCOc1ccc(CN(C)CC(=O)NCCc2nc3ccccc3s2)cc1. The Morgan fingerprint density at radius 2 is 2.04 bits per heavy atom. The van der Waals surface area contributed by atoms with Gasteiger partial charge in [-0.05, 0) is 36.9 Å². The zero-order chi connectivity index (χ0) is 19.8. The molecule has 6 heteroatoms. The highest BCUT2D eigenvalue weighted by molar-refractivity contribution is 7.18. The summed E-state index contributed by atoms with van der Waals surface area (Å²) in [6.07, 6.45) is 2.47. The molecule has 0 radical (unpaired) electrons. The number of nitrogens with zero attached hydrogens (tertiary/aromatic N) is 2. The second-order valence-corrected chi connectivity index (χ2v) is 7.71. The van der Waals surface area contributed by atoms with Crippen LogP contribution in [0.25, 0.3) is 10.2 Å². The molecule has 0 fully saturated rings. The summed E-state index contributed by atoms with van der Waals surface area (Å²) in [7, 11) is 1.94. The van der Waals surface area contributed by atoms with Gasteiger partial charge in [0.25, 0.3) is 0 Å². The van der Waals surface area contributed by atoms with Gasteiger partial charge in [0.1, 0.15) is 12.4 Å². The van der Waals surface area contributed by atoms with Crippen LogP contribution in [0.1, 0.15) is 10.6 Å². The number of aromatic nitrogens is 1. The molecule has 0 aliphatic heterocycles. The average Bonchev–Trinajstić information content (AvgIpc) is 3.10. The molecule has 0 unspecified atom stereocenters. The van der Waals surface area contributed by atoms with Crippen molar-refractivity contribution in [3.8, 4) is 5.75 Å². The molecule has 0 aliphatic carbocycles. The summed E-state index contributed by atoms with van der Waals surface area (Å²) in [5.41, 5.74) is 2.16. The molecule has 28 heavy (non-hydrogen) atoms. The summed E-state index contributed by atoms with van der Waals surface area (Å²) in [5, 5.41) is 4.03. The van der Waals surface area contributed by atoms with Crippen LogP contribution in [-0.2, 0) is 17.8 Å². The molecule has 0 atom stereocenters. The Labute approximate surface area is 169 Å². The molecule has 1 aromatic heterocycles. The largest absolute Gasteiger partial charge is 0.490 e. The number of amides is 1. The van der Waals surface area contributed by atoms with Crippen molar-refractivity contribution < 1.29 is 9.53 Å². The van der Waals surface area contributed by atoms with E-state index in [2.05, 4.69) is 22.9 Å². The van der Waals surface area contributed by atoms with Crippen LogP contribution < -0.4 is 10.1 Å². The first-order chi connectivity index (χ1) is 13.6. The Morgan fingerprint density at radius 3 is 2.79 bits per heavy atom. The summed E-state index contributed by atoms with van der Waals surface area (Å²) < 4.78 is 6.66. The number of thiazole rings is 1. The number of para-hydroxylation sites is 1. The molecule has 2 aromatic carbocycles. The fourth-order valence-corrected chi connectivity index (χ4v) is 3.82. The number of nitrogens with one attached hydrogen (secondary N) is 1. The van der Waals surface area contributed by atoms with Gasteiger partial charge in [-0.25, -0.2) is 4.98 Å². The zero-order valence-corrected chi connectivity index (χ0v) is 16.9. The topological polar surface area (TPSA) is 54.5 Å². The van der Waals surface area contributed by atoms with E-state index in [-0.39, 0.29) is 5.91 Å². The van der Waals surface area contributed by atoms with Crippen LogP contribution in [0.5, 0.6) is 5.75 Å². The van der Waals surface area contributed by atoms with Crippen LogP contribution in [0.15, 0.2) is 61.2 Å². The Hall–Kier alpha value is -2.70. The minimum atomic E-state index is 0.0227. The van der Waals surface area contributed by atoms with Gasteiger partial charge >= 0.3 is 0 Å². The third-order valence-corrected chi connectivity index (χ3v) is 5.25. The highest BCUT2D eigenvalue weighted by Gasteiger charge is 2.08. The van der Waals surface area contributed by atoms with E-state index < -0.39 is 0 Å². The fourth-order valence-electron chi connectivity index (χ4n) is 2.85. The predicted molar refractivity (Wildman–Crippen MR) is 115 cm³/mol. The first-order valence-electron chi connectivity index (χ1n) is 9.26. The molecule has 1 N–H and O–H groups in total. The average molecular weight is 396 g/mol. The second kappa shape index (κ2) is 10.0. The smallest absolute Gasteiger partial charge is 0.234 e. The third-order valence-electron chi connectivity index (χ3n) is 4.16. The lowest BCUT2D eigenvalue weighted by atomic mass is 10.2. The van der Waals surface area contributed by atoms with Crippen molar-refractivity contribution in [2.24, 2.45) is 0 Å². The van der Waals surface area contributed by atoms with Gasteiger partial charge in [-0.3, -0.25) is 9.69 Å². The number of rotatable bonds is 10. The lowest BCUT2D eigenvalue weighted by molar-refractivity contribution is -0.122. The van der Waals surface area contributed by atoms with E-state index >= 15 is 0 Å². The van der Waals surface area contributed by atoms with Crippen LogP contribution in [0, 0.1) is 0 Å². The van der Waals surface area contributed by atoms with E-state index in [0.717, 1.165) is 28.3 Å². The van der Waals surface area contributed by atoms with Crippen molar-refractivity contribution in [2.45, 2.75) is 13.0 Å². The summed E-state index contributed by atoms with van der Waals surface area (Å²) >= 11 is 1.68. The quantitative estimate of drug-likeness (QED) is 0.533. The molecule has 3 aromatic rings. The monoisotopic (exact) mass is 395 g/mol. The Kier molecular flexibility index (Phi) is 7.17. The van der Waals surface area contributed by atoms with Crippen LogP contribution in [0.3, 0.4) is 0 Å². The molecule has 146 valence electrons. The molecule has 0 bridgehead atoms. The van der Waals surface area contributed by atoms with E-state index in [1.54, 1.807) is 17.4 Å². The lowest BCUT2D eigenvalue weighted by Crippen LogP contribution is -2.35. The molecule has 3 rings (SSSR count). The van der Waals surface area contributed by atoms with Crippen molar-refractivity contribution in [3.63, 3.8) is 0 Å². The molecule has 0 saturated carbocycles. The first-order valence-corrected chi connectivity index (χ1v) is 10.1. The summed E-state index contributed by atoms with van der Waals surface area (Å²) in [4.78, 5) is 18.8. The molecule has 5 nitrogen and oxygen atoms in total. The minimum absolute atomic E-state index is 0.0227. The summed E-state index contributed by atoms with van der Waals surface area (Å²) in [6, 6.07) is 16.0. The van der Waals surface area contributed by atoms with E-state index in [0.29, 0.717) is 26.2 Å². The van der Waals surface area contributed by atoms with Crippen molar-refractivity contribution >= 4 is 27.5 Å². The maximum atomic E-state index is 12.2. The van der Waals surface area contributed by atoms with Crippen LogP contribution in [0.4, 0.5) is 0 Å². The molecule has 0 saturated heterocycles. The Balaban J connectivity index is 1.39. The van der Waals surface area contributed by atoms with Crippen LogP contribution in [0.2, 0.25) is 0 Å². The van der Waals surface area contributed by atoms with E-state index in [4.69, 9.17) is 4.74 Å². The fraction of sp³-hybridized carbons (Fsp3) is 0.273. The van der Waals surface area contributed by atoms with Gasteiger partial charge in [-0.15, -0.1) is 11.3 Å². The maximum Gasteiger partial charge on any atom is 0.234 e. The lowest BCUT2D eigenvalue weighted by Gasteiger charge is -2.16. The van der Waals surface area contributed by atoms with Crippen LogP contribution >= 0.6 is 11.3 Å². The molecular weight excluding hydrogens is 370 g/mol. The Bertz CT molecular complexity index is 888. The maximum absolute atomic E-state index is 12.2. The van der Waals surface area contributed by atoms with Gasteiger partial charge in [0, 0.05) is 19.5 Å². The summed E-state index contributed by atoms with van der Waals surface area (Å²) in [6.45, 7) is 5.79. The molecule has 1 amide bonds. The Morgan fingerprint density at radius 1 is 1.25 bits per heavy atom. The molecule has 0 spiro atoms. The van der Waals surface area contributed by atoms with Crippen molar-refractivity contribution in [1.29, 1.82) is 0 Å². The molecule has 1 heterocycles. The van der Waals surface area contributed by atoms with Crippen molar-refractivity contribution in [3.05, 3.63) is 71.8 Å². The number of hydrogen-bond donors (Lipinski definition) is 1.